The highest BCUT2D eigenvalue weighted by molar-refractivity contribution is 7.80. The van der Waals surface area contributed by atoms with Gasteiger partial charge >= 0.3 is 0 Å². The summed E-state index contributed by atoms with van der Waals surface area (Å²) in [5.41, 5.74) is 4.33. The quantitative estimate of drug-likeness (QED) is 0.515. The molecule has 2 aromatic carbocycles. The van der Waals surface area contributed by atoms with Crippen LogP contribution in [0.4, 0.5) is 0 Å². The van der Waals surface area contributed by atoms with Gasteiger partial charge in [0.15, 0.2) is 5.11 Å². The summed E-state index contributed by atoms with van der Waals surface area (Å²) in [6, 6.07) is 16.1. The van der Waals surface area contributed by atoms with Gasteiger partial charge in [0.25, 0.3) is 11.8 Å². The summed E-state index contributed by atoms with van der Waals surface area (Å²) in [6.45, 7) is 2.13. The van der Waals surface area contributed by atoms with E-state index in [1.54, 1.807) is 6.08 Å². The van der Waals surface area contributed by atoms with E-state index in [1.165, 1.54) is 5.56 Å². The molecule has 0 spiro atoms. The first kappa shape index (κ1) is 16.1. The number of hydrogen-bond acceptors (Lipinski definition) is 3. The van der Waals surface area contributed by atoms with Gasteiger partial charge in [0.05, 0.1) is 0 Å². The number of hydrogen-bond donors (Lipinski definition) is 2. The van der Waals surface area contributed by atoms with Crippen LogP contribution in [0.5, 0.6) is 0 Å². The highest BCUT2D eigenvalue weighted by Crippen LogP contribution is 2.21. The van der Waals surface area contributed by atoms with Crippen molar-refractivity contribution in [1.82, 2.24) is 10.6 Å². The highest BCUT2D eigenvalue weighted by atomic mass is 32.1. The molecule has 0 atom stereocenters. The third kappa shape index (κ3) is 3.41. The number of carbonyl (C=O) groups is 2. The predicted molar refractivity (Wildman–Crippen MR) is 98.1 cm³/mol. The van der Waals surface area contributed by atoms with Crippen LogP contribution in [0.25, 0.3) is 17.2 Å². The zero-order chi connectivity index (χ0) is 17.1. The zero-order valence-corrected chi connectivity index (χ0v) is 13.9. The van der Waals surface area contributed by atoms with Crippen LogP contribution in [0, 0.1) is 0 Å². The molecule has 120 valence electrons. The molecule has 2 amide bonds. The average Bonchev–Trinajstić information content (AvgIpc) is 2.59. The molecule has 0 bridgehead atoms. The van der Waals surface area contributed by atoms with Crippen LogP contribution in [0.2, 0.25) is 0 Å². The van der Waals surface area contributed by atoms with Crippen molar-refractivity contribution >= 4 is 35.2 Å². The summed E-state index contributed by atoms with van der Waals surface area (Å²) in [6.07, 6.45) is 2.57. The Hall–Kier alpha value is -2.79. The van der Waals surface area contributed by atoms with Crippen LogP contribution >= 0.6 is 12.2 Å². The minimum Gasteiger partial charge on any atom is -0.299 e. The Labute approximate surface area is 145 Å². The van der Waals surface area contributed by atoms with E-state index in [0.29, 0.717) is 0 Å². The molecule has 0 aliphatic carbocycles. The van der Waals surface area contributed by atoms with Crippen LogP contribution in [0.3, 0.4) is 0 Å². The van der Waals surface area contributed by atoms with Crippen molar-refractivity contribution in [1.29, 1.82) is 0 Å². The third-order valence-corrected chi connectivity index (χ3v) is 4.06. The molecule has 0 aromatic heterocycles. The van der Waals surface area contributed by atoms with E-state index in [2.05, 4.69) is 41.8 Å². The maximum Gasteiger partial charge on any atom is 0.263 e. The van der Waals surface area contributed by atoms with Crippen LogP contribution in [-0.2, 0) is 16.0 Å². The van der Waals surface area contributed by atoms with Gasteiger partial charge in [0, 0.05) is 0 Å². The van der Waals surface area contributed by atoms with E-state index >= 15 is 0 Å². The summed E-state index contributed by atoms with van der Waals surface area (Å²) in [4.78, 5) is 23.7. The number of thiocarbonyl (C=S) groups is 1. The summed E-state index contributed by atoms with van der Waals surface area (Å²) < 4.78 is 0. The molecule has 2 N–H and O–H groups in total. The van der Waals surface area contributed by atoms with Crippen LogP contribution < -0.4 is 10.6 Å². The normalized spacial score (nSPS) is 14.2. The predicted octanol–water partition coefficient (Wildman–Crippen LogP) is 2.83. The van der Waals surface area contributed by atoms with E-state index in [-0.39, 0.29) is 10.7 Å². The van der Waals surface area contributed by atoms with Gasteiger partial charge in [-0.25, -0.2) is 0 Å². The molecule has 0 saturated carbocycles. The summed E-state index contributed by atoms with van der Waals surface area (Å²) in [7, 11) is 0. The molecular formula is C19H16N2O2S. The monoisotopic (exact) mass is 336 g/mol. The van der Waals surface area contributed by atoms with Gasteiger partial charge in [-0.3, -0.25) is 20.2 Å². The van der Waals surface area contributed by atoms with Gasteiger partial charge in [-0.15, -0.1) is 0 Å². The van der Waals surface area contributed by atoms with Gasteiger partial charge in [-0.2, -0.15) is 0 Å². The Morgan fingerprint density at radius 3 is 1.88 bits per heavy atom. The summed E-state index contributed by atoms with van der Waals surface area (Å²) in [5, 5.41) is 4.88. The van der Waals surface area contributed by atoms with Crippen molar-refractivity contribution in [2.45, 2.75) is 13.3 Å². The third-order valence-electron chi connectivity index (χ3n) is 3.86. The molecule has 1 aliphatic heterocycles. The minimum atomic E-state index is -0.483. The maximum absolute atomic E-state index is 11.8. The smallest absolute Gasteiger partial charge is 0.263 e. The van der Waals surface area contributed by atoms with Crippen molar-refractivity contribution in [3.8, 4) is 11.1 Å². The Balaban J connectivity index is 1.84. The number of carbonyl (C=O) groups excluding carboxylic acids is 2. The van der Waals surface area contributed by atoms with Gasteiger partial charge in [0.1, 0.15) is 5.57 Å². The molecule has 5 heteroatoms. The van der Waals surface area contributed by atoms with E-state index in [9.17, 15) is 9.59 Å². The highest BCUT2D eigenvalue weighted by Gasteiger charge is 2.25. The van der Waals surface area contributed by atoms with Crippen molar-refractivity contribution in [2.75, 3.05) is 0 Å². The second-order valence-electron chi connectivity index (χ2n) is 5.47. The first-order chi connectivity index (χ1) is 11.6. The Morgan fingerprint density at radius 1 is 0.875 bits per heavy atom. The van der Waals surface area contributed by atoms with E-state index in [0.717, 1.165) is 23.1 Å². The fourth-order valence-corrected chi connectivity index (χ4v) is 2.66. The molecule has 2 aromatic rings. The molecule has 0 radical (unpaired) electrons. The van der Waals surface area contributed by atoms with Crippen molar-refractivity contribution < 1.29 is 9.59 Å². The lowest BCUT2D eigenvalue weighted by Crippen LogP contribution is -2.51. The SMILES string of the molecule is CCc1ccc(-c2ccc(C=C3C(=O)NC(=S)NC3=O)cc2)cc1. The van der Waals surface area contributed by atoms with Crippen molar-refractivity contribution in [2.24, 2.45) is 0 Å². The summed E-state index contributed by atoms with van der Waals surface area (Å²) in [5.74, 6) is -0.967. The second kappa shape index (κ2) is 6.76. The second-order valence-corrected chi connectivity index (χ2v) is 5.88. The lowest BCUT2D eigenvalue weighted by atomic mass is 10.0. The fourth-order valence-electron chi connectivity index (χ4n) is 2.48. The molecule has 0 unspecified atom stereocenters. The topological polar surface area (TPSA) is 58.2 Å². The van der Waals surface area contributed by atoms with E-state index in [4.69, 9.17) is 12.2 Å². The Kier molecular flexibility index (Phi) is 4.53. The van der Waals surface area contributed by atoms with Crippen LogP contribution in [-0.4, -0.2) is 16.9 Å². The lowest BCUT2D eigenvalue weighted by Gasteiger charge is -2.16. The molecule has 1 heterocycles. The first-order valence-corrected chi connectivity index (χ1v) is 8.05. The molecule has 24 heavy (non-hydrogen) atoms. The van der Waals surface area contributed by atoms with Gasteiger partial charge in [0.2, 0.25) is 0 Å². The number of rotatable bonds is 3. The average molecular weight is 336 g/mol. The van der Waals surface area contributed by atoms with Gasteiger partial charge < -0.3 is 0 Å². The van der Waals surface area contributed by atoms with Gasteiger partial charge in [-0.05, 0) is 47.0 Å². The van der Waals surface area contributed by atoms with Crippen molar-refractivity contribution in [3.05, 3.63) is 65.2 Å². The molecule has 1 aliphatic rings. The van der Waals surface area contributed by atoms with Gasteiger partial charge in [-0.1, -0.05) is 55.5 Å². The largest absolute Gasteiger partial charge is 0.299 e. The van der Waals surface area contributed by atoms with E-state index < -0.39 is 11.8 Å². The standard InChI is InChI=1S/C19H16N2O2S/c1-2-12-3-7-14(8-4-12)15-9-5-13(6-10-15)11-16-17(22)20-19(24)21-18(16)23/h3-11H,2H2,1H3,(H2,20,21,22,23,24). The maximum atomic E-state index is 11.8. The number of amides is 2. The molecule has 4 nitrogen and oxygen atoms in total. The molecule has 3 rings (SSSR count). The van der Waals surface area contributed by atoms with Crippen molar-refractivity contribution in [3.63, 3.8) is 0 Å². The zero-order valence-electron chi connectivity index (χ0n) is 13.1. The molecule has 1 saturated heterocycles. The Morgan fingerprint density at radius 2 is 1.38 bits per heavy atom. The number of benzene rings is 2. The molecule has 1 fully saturated rings. The minimum absolute atomic E-state index is 0.0352. The van der Waals surface area contributed by atoms with Crippen LogP contribution in [0.1, 0.15) is 18.1 Å². The number of nitrogens with one attached hydrogen (secondary N) is 2. The van der Waals surface area contributed by atoms with Crippen LogP contribution in [0.15, 0.2) is 54.1 Å². The number of aryl methyl sites for hydroxylation is 1. The lowest BCUT2D eigenvalue weighted by molar-refractivity contribution is -0.123. The Bertz CT molecular complexity index is 815. The molecular weight excluding hydrogens is 320 g/mol. The summed E-state index contributed by atoms with van der Waals surface area (Å²) >= 11 is 4.78. The van der Waals surface area contributed by atoms with E-state index in [1.807, 2.05) is 24.3 Å². The fraction of sp³-hybridized carbons (Fsp3) is 0.105. The first-order valence-electron chi connectivity index (χ1n) is 7.64.